The van der Waals surface area contributed by atoms with Crippen molar-refractivity contribution in [1.82, 2.24) is 33.3 Å². The zero-order valence-corrected chi connectivity index (χ0v) is 22.0. The lowest BCUT2D eigenvalue weighted by Gasteiger charge is -2.07. The molecule has 11 rings (SSSR count). The SMILES string of the molecule is [CH2-]n1c2nc3c4ccccc4c4nc5c6ccccc6c6nc7c8ccccc8c(nc1c1ccccc12)[n+]7c(n34)n56. The quantitative estimate of drug-likeness (QED) is 0.164. The first-order valence-corrected chi connectivity index (χ1v) is 13.9. The van der Waals surface area contributed by atoms with Crippen molar-refractivity contribution >= 4 is 94.0 Å². The van der Waals surface area contributed by atoms with Crippen LogP contribution in [0, 0.1) is 7.05 Å². The van der Waals surface area contributed by atoms with Crippen LogP contribution in [0.15, 0.2) is 97.1 Å². The maximum absolute atomic E-state index is 5.39. The molecule has 2 bridgehead atoms. The largest absolute Gasteiger partial charge is 0.443 e. The van der Waals surface area contributed by atoms with Gasteiger partial charge in [0.2, 0.25) is 16.9 Å². The second kappa shape index (κ2) is 6.82. The molecule has 0 aliphatic rings. The second-order valence-corrected chi connectivity index (χ2v) is 11.0. The normalized spacial score (nSPS) is 12.9. The average molecular weight is 539 g/mol. The molecule has 0 N–H and O–H groups in total. The van der Waals surface area contributed by atoms with Gasteiger partial charge in [-0.25, -0.2) is 4.98 Å². The molecule has 0 spiro atoms. The fourth-order valence-corrected chi connectivity index (χ4v) is 7.08. The lowest BCUT2D eigenvalue weighted by Crippen LogP contribution is -2.29. The van der Waals surface area contributed by atoms with Crippen LogP contribution in [-0.4, -0.2) is 33.3 Å². The lowest BCUT2D eigenvalue weighted by molar-refractivity contribution is -0.460. The maximum atomic E-state index is 5.39. The molecule has 0 saturated heterocycles. The number of benzene rings is 4. The highest BCUT2D eigenvalue weighted by atomic mass is 15.3. The zero-order chi connectivity index (χ0) is 27.3. The molecule has 8 heteroatoms. The van der Waals surface area contributed by atoms with Crippen molar-refractivity contribution in [2.75, 3.05) is 0 Å². The Hall–Kier alpha value is -6.02. The number of rotatable bonds is 0. The summed E-state index contributed by atoms with van der Waals surface area (Å²) >= 11 is 0. The van der Waals surface area contributed by atoms with Gasteiger partial charge < -0.3 is 4.57 Å². The molecule has 0 fully saturated rings. The van der Waals surface area contributed by atoms with E-state index in [1.165, 1.54) is 0 Å². The van der Waals surface area contributed by atoms with Crippen LogP contribution in [0.1, 0.15) is 0 Å². The van der Waals surface area contributed by atoms with Gasteiger partial charge >= 0.3 is 5.78 Å². The molecular formula is C34H18N8. The Labute approximate surface area is 235 Å². The van der Waals surface area contributed by atoms with E-state index >= 15 is 0 Å². The van der Waals surface area contributed by atoms with E-state index in [9.17, 15) is 0 Å². The Morgan fingerprint density at radius 3 is 1.17 bits per heavy atom. The highest BCUT2D eigenvalue weighted by Gasteiger charge is 2.29. The minimum Gasteiger partial charge on any atom is -0.443 e. The first-order chi connectivity index (χ1) is 20.8. The van der Waals surface area contributed by atoms with E-state index in [0.29, 0.717) is 0 Å². The van der Waals surface area contributed by atoms with Gasteiger partial charge in [-0.15, -0.1) is 12.0 Å². The molecule has 0 atom stereocenters. The van der Waals surface area contributed by atoms with E-state index in [1.54, 1.807) is 0 Å². The highest BCUT2D eigenvalue weighted by molar-refractivity contribution is 6.13. The lowest BCUT2D eigenvalue weighted by atomic mass is 10.2. The van der Waals surface area contributed by atoms with E-state index in [-0.39, 0.29) is 0 Å². The molecule has 7 heterocycles. The summed E-state index contributed by atoms with van der Waals surface area (Å²) < 4.78 is 8.40. The molecule has 7 aromatic heterocycles. The molecule has 194 valence electrons. The van der Waals surface area contributed by atoms with Crippen LogP contribution in [0.25, 0.3) is 94.0 Å². The Balaban J connectivity index is 1.65. The molecule has 11 aromatic rings. The maximum Gasteiger partial charge on any atom is 0.320 e. The van der Waals surface area contributed by atoms with Crippen LogP contribution in [-0.2, 0) is 0 Å². The molecule has 4 aromatic carbocycles. The van der Waals surface area contributed by atoms with Gasteiger partial charge in [0, 0.05) is 32.6 Å². The second-order valence-electron chi connectivity index (χ2n) is 11.0. The summed E-state index contributed by atoms with van der Waals surface area (Å²) in [6, 6.07) is 33.4. The summed E-state index contributed by atoms with van der Waals surface area (Å²) in [6.45, 7) is 0. The van der Waals surface area contributed by atoms with Gasteiger partial charge in [-0.05, 0) is 47.2 Å². The number of nitrogens with zero attached hydrogens (tertiary/aromatic N) is 8. The Bertz CT molecular complexity index is 2780. The van der Waals surface area contributed by atoms with Gasteiger partial charge in [0.25, 0.3) is 0 Å². The summed E-state index contributed by atoms with van der Waals surface area (Å²) in [7, 11) is 4.45. The van der Waals surface area contributed by atoms with E-state index in [2.05, 4.69) is 105 Å². The molecule has 0 amide bonds. The molecule has 0 aliphatic heterocycles. The van der Waals surface area contributed by atoms with Gasteiger partial charge in [-0.3, -0.25) is 4.98 Å². The van der Waals surface area contributed by atoms with Crippen LogP contribution >= 0.6 is 0 Å². The van der Waals surface area contributed by atoms with Crippen LogP contribution in [0.2, 0.25) is 0 Å². The third kappa shape index (κ3) is 2.19. The monoisotopic (exact) mass is 538 g/mol. The van der Waals surface area contributed by atoms with Gasteiger partial charge in [0.15, 0.2) is 16.9 Å². The average Bonchev–Trinajstić information content (AvgIpc) is 3.72. The van der Waals surface area contributed by atoms with Gasteiger partial charge in [-0.2, -0.15) is 18.2 Å². The minimum atomic E-state index is 0.754. The zero-order valence-electron chi connectivity index (χ0n) is 22.0. The molecule has 0 unspecified atom stereocenters. The number of hydrogen-bond acceptors (Lipinski definition) is 4. The minimum absolute atomic E-state index is 0.754. The number of fused-ring (bicyclic) bond motifs is 14. The van der Waals surface area contributed by atoms with Crippen molar-refractivity contribution in [3.8, 4) is 0 Å². The fourth-order valence-electron chi connectivity index (χ4n) is 7.08. The number of aromatic nitrogens is 8. The van der Waals surface area contributed by atoms with Crippen LogP contribution in [0.3, 0.4) is 0 Å². The molecule has 0 saturated carbocycles. The first-order valence-electron chi connectivity index (χ1n) is 13.9. The molecule has 0 aliphatic carbocycles. The van der Waals surface area contributed by atoms with Crippen molar-refractivity contribution in [3.05, 3.63) is 104 Å². The third-order valence-electron chi connectivity index (χ3n) is 8.86. The summed E-state index contributed by atoms with van der Waals surface area (Å²) in [5.74, 6) is 0.887. The van der Waals surface area contributed by atoms with E-state index < -0.39 is 0 Å². The summed E-state index contributed by atoms with van der Waals surface area (Å²) in [4.78, 5) is 21.5. The Morgan fingerprint density at radius 1 is 0.405 bits per heavy atom. The highest BCUT2D eigenvalue weighted by Crippen LogP contribution is 2.35. The van der Waals surface area contributed by atoms with Crippen molar-refractivity contribution < 1.29 is 4.40 Å². The summed E-state index contributed by atoms with van der Waals surface area (Å²) in [5, 5.41) is 8.22. The summed E-state index contributed by atoms with van der Waals surface area (Å²) in [6.07, 6.45) is 0. The van der Waals surface area contributed by atoms with E-state index in [1.807, 2.05) is 16.7 Å². The standard InChI is InChI=1S/C34H18N8/c1-39-26-18-10-2-3-11-19(18)27(39)36-29-21-13-5-7-15-23(21)31-38-33-25-17-9-8-16-24(25)32-37-30-22-14-6-4-12-20(22)28(35-26)40(30)34(41(29)31)42(32)33/h2-17H,1H2. The molecule has 42 heavy (non-hydrogen) atoms. The molecular weight excluding hydrogens is 520 g/mol. The van der Waals surface area contributed by atoms with E-state index in [4.69, 9.17) is 19.9 Å². The van der Waals surface area contributed by atoms with Crippen LogP contribution < -0.4 is 4.40 Å². The Kier molecular flexibility index (Phi) is 3.38. The van der Waals surface area contributed by atoms with Gasteiger partial charge in [0.05, 0.1) is 11.0 Å². The van der Waals surface area contributed by atoms with Crippen molar-refractivity contribution in [1.29, 1.82) is 0 Å². The van der Waals surface area contributed by atoms with Crippen molar-refractivity contribution in [2.45, 2.75) is 0 Å². The molecule has 8 nitrogen and oxygen atoms in total. The predicted octanol–water partition coefficient (Wildman–Crippen LogP) is 6.46. The third-order valence-corrected chi connectivity index (χ3v) is 8.86. The van der Waals surface area contributed by atoms with E-state index in [0.717, 1.165) is 94.0 Å². The Morgan fingerprint density at radius 2 is 0.714 bits per heavy atom. The summed E-state index contributed by atoms with van der Waals surface area (Å²) in [5.41, 5.74) is 6.50. The fraction of sp³-hybridized carbons (Fsp3) is 0. The van der Waals surface area contributed by atoms with Crippen molar-refractivity contribution in [3.63, 3.8) is 0 Å². The van der Waals surface area contributed by atoms with Gasteiger partial charge in [0.1, 0.15) is 0 Å². The predicted molar refractivity (Wildman–Crippen MR) is 165 cm³/mol. The number of hydrogen-bond donors (Lipinski definition) is 0. The first kappa shape index (κ1) is 20.8. The van der Waals surface area contributed by atoms with Gasteiger partial charge in [-0.1, -0.05) is 60.7 Å². The van der Waals surface area contributed by atoms with Crippen LogP contribution in [0.5, 0.6) is 0 Å². The van der Waals surface area contributed by atoms with Crippen LogP contribution in [0.4, 0.5) is 0 Å². The smallest absolute Gasteiger partial charge is 0.320 e. The van der Waals surface area contributed by atoms with Crippen molar-refractivity contribution in [2.24, 2.45) is 0 Å². The molecule has 0 radical (unpaired) electrons. The topological polar surface area (TPSA) is 69.4 Å².